The third kappa shape index (κ3) is 6.09. The zero-order chi connectivity index (χ0) is 12.7. The zero-order valence-electron chi connectivity index (χ0n) is 10.1. The molecule has 92 valence electrons. The van der Waals surface area contributed by atoms with E-state index in [0.717, 1.165) is 5.69 Å². The van der Waals surface area contributed by atoms with Crippen LogP contribution < -0.4 is 10.6 Å². The molecule has 0 radical (unpaired) electrons. The second-order valence-corrected chi connectivity index (χ2v) is 4.40. The van der Waals surface area contributed by atoms with Gasteiger partial charge in [0.1, 0.15) is 0 Å². The largest absolute Gasteiger partial charge is 0.325 e. The lowest BCUT2D eigenvalue weighted by Crippen LogP contribution is -2.28. The third-order valence-corrected chi connectivity index (χ3v) is 2.32. The van der Waals surface area contributed by atoms with Crippen molar-refractivity contribution in [3.05, 3.63) is 40.9 Å². The average molecular weight is 253 g/mol. The summed E-state index contributed by atoms with van der Waals surface area (Å²) in [6.07, 6.45) is 2.04. The van der Waals surface area contributed by atoms with E-state index in [1.54, 1.807) is 24.3 Å². The van der Waals surface area contributed by atoms with Crippen molar-refractivity contribution >= 4 is 23.2 Å². The first-order chi connectivity index (χ1) is 8.08. The smallest absolute Gasteiger partial charge is 0.238 e. The SMILES string of the molecule is CC(C)=CCNCC(=O)Nc1ccc(Cl)cc1. The van der Waals surface area contributed by atoms with Crippen molar-refractivity contribution in [1.29, 1.82) is 0 Å². The molecule has 1 amide bonds. The van der Waals surface area contributed by atoms with Gasteiger partial charge in [0.15, 0.2) is 0 Å². The van der Waals surface area contributed by atoms with Gasteiger partial charge in [0.25, 0.3) is 0 Å². The molecule has 1 aromatic carbocycles. The van der Waals surface area contributed by atoms with Gasteiger partial charge in [-0.1, -0.05) is 23.3 Å². The van der Waals surface area contributed by atoms with Gasteiger partial charge in [-0.15, -0.1) is 0 Å². The molecule has 0 saturated heterocycles. The Bertz CT molecular complexity index is 394. The number of hydrogen-bond donors (Lipinski definition) is 2. The molecule has 0 fully saturated rings. The van der Waals surface area contributed by atoms with E-state index in [4.69, 9.17) is 11.6 Å². The molecule has 0 bridgehead atoms. The maximum Gasteiger partial charge on any atom is 0.238 e. The fourth-order valence-electron chi connectivity index (χ4n) is 1.20. The minimum absolute atomic E-state index is 0.0607. The van der Waals surface area contributed by atoms with Crippen LogP contribution >= 0.6 is 11.6 Å². The Morgan fingerprint density at radius 1 is 1.29 bits per heavy atom. The van der Waals surface area contributed by atoms with Crippen LogP contribution in [0.4, 0.5) is 5.69 Å². The number of anilines is 1. The molecule has 0 aliphatic heterocycles. The van der Waals surface area contributed by atoms with Gasteiger partial charge in [0.2, 0.25) is 5.91 Å². The summed E-state index contributed by atoms with van der Waals surface area (Å²) in [4.78, 5) is 11.5. The first kappa shape index (κ1) is 13.7. The highest BCUT2D eigenvalue weighted by Gasteiger charge is 2.00. The average Bonchev–Trinajstić information content (AvgIpc) is 2.27. The highest BCUT2D eigenvalue weighted by molar-refractivity contribution is 6.30. The van der Waals surface area contributed by atoms with E-state index in [9.17, 15) is 4.79 Å². The van der Waals surface area contributed by atoms with Gasteiger partial charge in [0, 0.05) is 17.3 Å². The maximum absolute atomic E-state index is 11.5. The first-order valence-corrected chi connectivity index (χ1v) is 5.85. The van der Waals surface area contributed by atoms with Crippen LogP contribution in [0.5, 0.6) is 0 Å². The predicted octanol–water partition coefficient (Wildman–Crippen LogP) is 2.83. The number of carbonyl (C=O) groups is 1. The van der Waals surface area contributed by atoms with Crippen LogP contribution in [0, 0.1) is 0 Å². The highest BCUT2D eigenvalue weighted by atomic mass is 35.5. The molecule has 0 aliphatic rings. The lowest BCUT2D eigenvalue weighted by atomic mass is 10.3. The Kier molecular flexibility index (Phi) is 5.73. The molecule has 4 heteroatoms. The van der Waals surface area contributed by atoms with Crippen LogP contribution in [0.15, 0.2) is 35.9 Å². The maximum atomic E-state index is 11.5. The Morgan fingerprint density at radius 3 is 2.53 bits per heavy atom. The third-order valence-electron chi connectivity index (χ3n) is 2.07. The summed E-state index contributed by atoms with van der Waals surface area (Å²) in [5.41, 5.74) is 1.99. The fourth-order valence-corrected chi connectivity index (χ4v) is 1.33. The van der Waals surface area contributed by atoms with Crippen molar-refractivity contribution in [2.24, 2.45) is 0 Å². The van der Waals surface area contributed by atoms with Crippen molar-refractivity contribution < 1.29 is 4.79 Å². The van der Waals surface area contributed by atoms with E-state index in [1.807, 2.05) is 19.9 Å². The number of nitrogens with one attached hydrogen (secondary N) is 2. The second-order valence-electron chi connectivity index (χ2n) is 3.97. The molecule has 0 aliphatic carbocycles. The van der Waals surface area contributed by atoms with E-state index in [1.165, 1.54) is 5.57 Å². The Labute approximate surface area is 107 Å². The minimum Gasteiger partial charge on any atom is -0.325 e. The van der Waals surface area contributed by atoms with Gasteiger partial charge in [0.05, 0.1) is 6.54 Å². The first-order valence-electron chi connectivity index (χ1n) is 5.47. The summed E-state index contributed by atoms with van der Waals surface area (Å²) in [6, 6.07) is 7.04. The van der Waals surface area contributed by atoms with Gasteiger partial charge < -0.3 is 10.6 Å². The molecule has 2 N–H and O–H groups in total. The number of amides is 1. The number of carbonyl (C=O) groups excluding carboxylic acids is 1. The van der Waals surface area contributed by atoms with Crippen molar-refractivity contribution in [3.63, 3.8) is 0 Å². The second kappa shape index (κ2) is 7.09. The standard InChI is InChI=1S/C13H17ClN2O/c1-10(2)7-8-15-9-13(17)16-12-5-3-11(14)4-6-12/h3-7,15H,8-9H2,1-2H3,(H,16,17). The van der Waals surface area contributed by atoms with E-state index >= 15 is 0 Å². The lowest BCUT2D eigenvalue weighted by Gasteiger charge is -2.05. The number of hydrogen-bond acceptors (Lipinski definition) is 2. The summed E-state index contributed by atoms with van der Waals surface area (Å²) >= 11 is 5.75. The number of benzene rings is 1. The van der Waals surface area contributed by atoms with Crippen LogP contribution in [0.1, 0.15) is 13.8 Å². The quantitative estimate of drug-likeness (QED) is 0.625. The van der Waals surface area contributed by atoms with Crippen molar-refractivity contribution in [2.45, 2.75) is 13.8 Å². The summed E-state index contributed by atoms with van der Waals surface area (Å²) in [5.74, 6) is -0.0607. The lowest BCUT2D eigenvalue weighted by molar-refractivity contribution is -0.115. The van der Waals surface area contributed by atoms with Gasteiger partial charge in [-0.2, -0.15) is 0 Å². The Balaban J connectivity index is 2.30. The molecule has 0 atom stereocenters. The normalized spacial score (nSPS) is 9.82. The van der Waals surface area contributed by atoms with Gasteiger partial charge >= 0.3 is 0 Å². The molecule has 17 heavy (non-hydrogen) atoms. The van der Waals surface area contributed by atoms with Crippen LogP contribution in [0.3, 0.4) is 0 Å². The molecule has 0 saturated carbocycles. The Hall–Kier alpha value is -1.32. The molecule has 0 unspecified atom stereocenters. The van der Waals surface area contributed by atoms with Gasteiger partial charge in [-0.05, 0) is 38.1 Å². The molecule has 0 heterocycles. The van der Waals surface area contributed by atoms with E-state index < -0.39 is 0 Å². The fraction of sp³-hybridized carbons (Fsp3) is 0.308. The predicted molar refractivity (Wildman–Crippen MR) is 72.4 cm³/mol. The summed E-state index contributed by atoms with van der Waals surface area (Å²) in [7, 11) is 0. The summed E-state index contributed by atoms with van der Waals surface area (Å²) < 4.78 is 0. The monoisotopic (exact) mass is 252 g/mol. The molecular formula is C13H17ClN2O. The molecular weight excluding hydrogens is 236 g/mol. The van der Waals surface area contributed by atoms with E-state index in [0.29, 0.717) is 18.1 Å². The van der Waals surface area contributed by atoms with Crippen LogP contribution in [-0.4, -0.2) is 19.0 Å². The van der Waals surface area contributed by atoms with Crippen molar-refractivity contribution in [3.8, 4) is 0 Å². The minimum atomic E-state index is -0.0607. The highest BCUT2D eigenvalue weighted by Crippen LogP contribution is 2.12. The van der Waals surface area contributed by atoms with Crippen molar-refractivity contribution in [1.82, 2.24) is 5.32 Å². The molecule has 0 aromatic heterocycles. The number of rotatable bonds is 5. The number of halogens is 1. The van der Waals surface area contributed by atoms with Crippen molar-refractivity contribution in [2.75, 3.05) is 18.4 Å². The summed E-state index contributed by atoms with van der Waals surface area (Å²) in [6.45, 7) is 5.05. The van der Waals surface area contributed by atoms with Crippen LogP contribution in [0.2, 0.25) is 5.02 Å². The van der Waals surface area contributed by atoms with Crippen LogP contribution in [-0.2, 0) is 4.79 Å². The molecule has 1 aromatic rings. The van der Waals surface area contributed by atoms with Crippen LogP contribution in [0.25, 0.3) is 0 Å². The molecule has 3 nitrogen and oxygen atoms in total. The van der Waals surface area contributed by atoms with E-state index in [-0.39, 0.29) is 5.91 Å². The van der Waals surface area contributed by atoms with Gasteiger partial charge in [-0.25, -0.2) is 0 Å². The molecule has 1 rings (SSSR count). The number of allylic oxidation sites excluding steroid dienone is 1. The summed E-state index contributed by atoms with van der Waals surface area (Å²) in [5, 5.41) is 6.47. The molecule has 0 spiro atoms. The van der Waals surface area contributed by atoms with E-state index in [2.05, 4.69) is 10.6 Å². The van der Waals surface area contributed by atoms with Gasteiger partial charge in [-0.3, -0.25) is 4.79 Å². The Morgan fingerprint density at radius 2 is 1.94 bits per heavy atom. The zero-order valence-corrected chi connectivity index (χ0v) is 10.8. The topological polar surface area (TPSA) is 41.1 Å².